The molecule has 2 rings (SSSR count). The zero-order valence-electron chi connectivity index (χ0n) is 16.9. The summed E-state index contributed by atoms with van der Waals surface area (Å²) in [5, 5.41) is 11.4. The van der Waals surface area contributed by atoms with Crippen LogP contribution in [-0.2, 0) is 11.8 Å². The zero-order valence-corrected chi connectivity index (χ0v) is 17.7. The number of thiazole rings is 1. The molecule has 0 unspecified atom stereocenters. The third kappa shape index (κ3) is 5.09. The lowest BCUT2D eigenvalue weighted by atomic mass is 9.91. The van der Waals surface area contributed by atoms with E-state index in [1.807, 2.05) is 0 Å². The number of benzene rings is 1. The van der Waals surface area contributed by atoms with Crippen molar-refractivity contribution in [1.82, 2.24) is 4.57 Å². The number of hydrogen-bond acceptors (Lipinski definition) is 7. The molecule has 162 valence electrons. The van der Waals surface area contributed by atoms with E-state index < -0.39 is 33.9 Å². The van der Waals surface area contributed by atoms with Gasteiger partial charge in [-0.15, -0.1) is 11.3 Å². The summed E-state index contributed by atoms with van der Waals surface area (Å²) in [6, 6.07) is 1.95. The number of nitro benzene ring substituents is 1. The lowest BCUT2D eigenvalue weighted by Crippen LogP contribution is -2.30. The number of hydrogen-bond donors (Lipinski definition) is 0. The predicted octanol–water partition coefficient (Wildman–Crippen LogP) is 2.19. The average molecular weight is 442 g/mol. The molecule has 0 saturated heterocycles. The monoisotopic (exact) mass is 442 g/mol. The van der Waals surface area contributed by atoms with Crippen LogP contribution < -0.4 is 24.2 Å². The number of halogens is 2. The molecule has 0 bridgehead atoms. The van der Waals surface area contributed by atoms with Gasteiger partial charge < -0.3 is 14.0 Å². The van der Waals surface area contributed by atoms with Crippen LogP contribution >= 0.6 is 11.3 Å². The van der Waals surface area contributed by atoms with E-state index in [2.05, 4.69) is 4.74 Å². The van der Waals surface area contributed by atoms with E-state index in [9.17, 15) is 28.5 Å². The number of ketones is 1. The van der Waals surface area contributed by atoms with Gasteiger partial charge in [-0.2, -0.15) is 8.78 Å². The van der Waals surface area contributed by atoms with Crippen molar-refractivity contribution in [1.29, 1.82) is 0 Å². The third-order valence-electron chi connectivity index (χ3n) is 4.07. The first kappa shape index (κ1) is 23.2. The van der Waals surface area contributed by atoms with E-state index in [4.69, 9.17) is 4.74 Å². The van der Waals surface area contributed by atoms with Crippen LogP contribution in [0.5, 0.6) is 11.5 Å². The number of nitrogens with zero attached hydrogens (tertiary/aromatic N) is 2. The molecule has 1 heterocycles. The quantitative estimate of drug-likeness (QED) is 0.502. The number of carbonyl (C=O) groups excluding carboxylic acids is 1. The molecule has 8 nitrogen and oxygen atoms in total. The van der Waals surface area contributed by atoms with Crippen molar-refractivity contribution in [3.05, 3.63) is 47.4 Å². The Labute approximate surface area is 173 Å². The molecule has 0 spiro atoms. The summed E-state index contributed by atoms with van der Waals surface area (Å²) in [6.45, 7) is 2.02. The van der Waals surface area contributed by atoms with E-state index in [1.165, 1.54) is 30.9 Å². The molecule has 1 aromatic carbocycles. The van der Waals surface area contributed by atoms with Crippen LogP contribution in [-0.4, -0.2) is 29.0 Å². The molecule has 0 saturated carbocycles. The Bertz CT molecular complexity index is 1160. The van der Waals surface area contributed by atoms with E-state index >= 15 is 0 Å². The minimum atomic E-state index is -3.20. The van der Waals surface area contributed by atoms with Crippen molar-refractivity contribution in [2.24, 2.45) is 12.5 Å². The fraction of sp³-hybridized carbons (Fsp3) is 0.368. The Morgan fingerprint density at radius 2 is 1.93 bits per heavy atom. The van der Waals surface area contributed by atoms with Crippen molar-refractivity contribution in [3.63, 3.8) is 0 Å². The summed E-state index contributed by atoms with van der Waals surface area (Å²) in [6.07, 6.45) is 2.59. The SMILES string of the molecule is COc1cc(/C=c2\s/c(=C\C(=O)C(C)(C)C)n(C)c2=O)c([N+](=O)[O-])cc1OC(F)F. The fourth-order valence-electron chi connectivity index (χ4n) is 2.36. The summed E-state index contributed by atoms with van der Waals surface area (Å²) in [5.74, 6) is -0.845. The van der Waals surface area contributed by atoms with Gasteiger partial charge >= 0.3 is 6.61 Å². The van der Waals surface area contributed by atoms with Gasteiger partial charge in [0.1, 0.15) is 4.66 Å². The van der Waals surface area contributed by atoms with Crippen molar-refractivity contribution >= 4 is 35.0 Å². The number of Topliss-reactive ketones (excluding diaryl/α,β-unsaturated/α-hetero) is 1. The second kappa shape index (κ2) is 8.74. The molecule has 2 aromatic rings. The van der Waals surface area contributed by atoms with Gasteiger partial charge in [0.15, 0.2) is 17.3 Å². The molecule has 30 heavy (non-hydrogen) atoms. The van der Waals surface area contributed by atoms with Gasteiger partial charge in [-0.05, 0) is 12.1 Å². The number of alkyl halides is 2. The van der Waals surface area contributed by atoms with Crippen LogP contribution in [0, 0.1) is 15.5 Å². The maximum atomic E-state index is 12.6. The van der Waals surface area contributed by atoms with Crippen molar-refractivity contribution in [2.45, 2.75) is 27.4 Å². The minimum absolute atomic E-state index is 0.0360. The Balaban J connectivity index is 2.73. The van der Waals surface area contributed by atoms with Crippen LogP contribution in [0.15, 0.2) is 16.9 Å². The Kier molecular flexibility index (Phi) is 6.76. The molecule has 0 fully saturated rings. The first-order chi connectivity index (χ1) is 13.8. The van der Waals surface area contributed by atoms with E-state index in [1.54, 1.807) is 20.8 Å². The summed E-state index contributed by atoms with van der Waals surface area (Å²) in [7, 11) is 2.67. The van der Waals surface area contributed by atoms with Gasteiger partial charge in [-0.1, -0.05) is 20.8 Å². The molecule has 11 heteroatoms. The Morgan fingerprint density at radius 3 is 2.43 bits per heavy atom. The fourth-order valence-corrected chi connectivity index (χ4v) is 3.39. The van der Waals surface area contributed by atoms with Crippen LogP contribution in [0.25, 0.3) is 12.2 Å². The number of methoxy groups -OCH3 is 1. The summed E-state index contributed by atoms with van der Waals surface area (Å²) in [5.41, 5.74) is -1.69. The zero-order chi connectivity index (χ0) is 22.8. The van der Waals surface area contributed by atoms with Crippen molar-refractivity contribution in [2.75, 3.05) is 7.11 Å². The second-order valence-electron chi connectivity index (χ2n) is 7.27. The van der Waals surface area contributed by atoms with Gasteiger partial charge in [-0.3, -0.25) is 19.7 Å². The standard InChI is InChI=1S/C19H20F2N2O6S/c1-19(2,3)15(24)9-16-22(4)17(25)14(30-16)7-10-6-12(28-5)13(29-18(20)21)8-11(10)23(26)27/h6-9,18H,1-5H3/b14-7-,16-9-. The van der Waals surface area contributed by atoms with Gasteiger partial charge in [0.25, 0.3) is 11.2 Å². The number of rotatable bonds is 6. The topological polar surface area (TPSA) is 101 Å². The smallest absolute Gasteiger partial charge is 0.387 e. The highest BCUT2D eigenvalue weighted by atomic mass is 32.1. The highest BCUT2D eigenvalue weighted by molar-refractivity contribution is 7.07. The maximum Gasteiger partial charge on any atom is 0.387 e. The lowest BCUT2D eigenvalue weighted by Gasteiger charge is -2.12. The van der Waals surface area contributed by atoms with E-state index in [0.717, 1.165) is 23.5 Å². The largest absolute Gasteiger partial charge is 0.493 e. The highest BCUT2D eigenvalue weighted by Crippen LogP contribution is 2.36. The molecule has 0 radical (unpaired) electrons. The van der Waals surface area contributed by atoms with Crippen LogP contribution in [0.1, 0.15) is 26.3 Å². The minimum Gasteiger partial charge on any atom is -0.493 e. The summed E-state index contributed by atoms with van der Waals surface area (Å²) >= 11 is 0.978. The predicted molar refractivity (Wildman–Crippen MR) is 108 cm³/mol. The van der Waals surface area contributed by atoms with Gasteiger partial charge in [0.2, 0.25) is 0 Å². The Morgan fingerprint density at radius 1 is 1.30 bits per heavy atom. The molecular weight excluding hydrogens is 422 g/mol. The normalized spacial score (nSPS) is 13.1. The number of carbonyl (C=O) groups is 1. The average Bonchev–Trinajstić information content (AvgIpc) is 2.89. The molecule has 0 aliphatic heterocycles. The first-order valence-electron chi connectivity index (χ1n) is 8.60. The second-order valence-corrected chi connectivity index (χ2v) is 8.33. The third-order valence-corrected chi connectivity index (χ3v) is 5.18. The molecule has 0 N–H and O–H groups in total. The number of aromatic nitrogens is 1. The van der Waals surface area contributed by atoms with Crippen molar-refractivity contribution < 1.29 is 28.0 Å². The van der Waals surface area contributed by atoms with Gasteiger partial charge in [0, 0.05) is 18.5 Å². The highest BCUT2D eigenvalue weighted by Gasteiger charge is 2.22. The molecule has 0 aliphatic carbocycles. The Hall–Kier alpha value is -3.08. The first-order valence-corrected chi connectivity index (χ1v) is 9.41. The van der Waals surface area contributed by atoms with Gasteiger partial charge in [-0.25, -0.2) is 0 Å². The molecular formula is C19H20F2N2O6S. The molecule has 0 atom stereocenters. The van der Waals surface area contributed by atoms with Crippen LogP contribution in [0.4, 0.5) is 14.5 Å². The summed E-state index contributed by atoms with van der Waals surface area (Å²) in [4.78, 5) is 35.5. The number of nitro groups is 1. The van der Waals surface area contributed by atoms with Gasteiger partial charge in [0.05, 0.1) is 28.2 Å². The van der Waals surface area contributed by atoms with Crippen molar-refractivity contribution in [3.8, 4) is 11.5 Å². The summed E-state index contributed by atoms with van der Waals surface area (Å²) < 4.78 is 36.2. The van der Waals surface area contributed by atoms with Crippen LogP contribution in [0.2, 0.25) is 0 Å². The number of ether oxygens (including phenoxy) is 2. The van der Waals surface area contributed by atoms with Crippen LogP contribution in [0.3, 0.4) is 0 Å². The lowest BCUT2D eigenvalue weighted by molar-refractivity contribution is -0.385. The molecule has 1 aromatic heterocycles. The molecule has 0 aliphatic rings. The maximum absolute atomic E-state index is 12.6. The molecule has 0 amide bonds. The van der Waals surface area contributed by atoms with E-state index in [0.29, 0.717) is 4.66 Å². The van der Waals surface area contributed by atoms with E-state index in [-0.39, 0.29) is 21.6 Å².